The summed E-state index contributed by atoms with van der Waals surface area (Å²) in [5.41, 5.74) is 4.93. The zero-order valence-corrected chi connectivity index (χ0v) is 25.5. The predicted molar refractivity (Wildman–Crippen MR) is 195 cm³/mol. The minimum Gasteiger partial charge on any atom is -0.497 e. The molecule has 216 valence electrons. The molecule has 0 fully saturated rings. The number of ether oxygens (including phenoxy) is 2. The van der Waals surface area contributed by atoms with E-state index in [-0.39, 0.29) is 0 Å². The van der Waals surface area contributed by atoms with Crippen LogP contribution in [0.1, 0.15) is 0 Å². The minimum atomic E-state index is 0.858. The number of hydrogen-bond donors (Lipinski definition) is 0. The van der Waals surface area contributed by atoms with Gasteiger partial charge < -0.3 is 9.47 Å². The lowest BCUT2D eigenvalue weighted by Gasteiger charge is -2.24. The van der Waals surface area contributed by atoms with E-state index < -0.39 is 0 Å². The fourth-order valence-corrected chi connectivity index (χ4v) is 8.21. The molecule has 10 aromatic rings. The summed E-state index contributed by atoms with van der Waals surface area (Å²) in [6, 6.07) is 48.7. The topological polar surface area (TPSA) is 18.5 Å². The van der Waals surface area contributed by atoms with Gasteiger partial charge in [-0.1, -0.05) is 109 Å². The maximum Gasteiger partial charge on any atom is 0.119 e. The zero-order valence-electron chi connectivity index (χ0n) is 25.5. The molecule has 2 nitrogen and oxygen atoms in total. The van der Waals surface area contributed by atoms with Crippen molar-refractivity contribution < 1.29 is 9.47 Å². The number of rotatable bonds is 4. The molecule has 2 heteroatoms. The van der Waals surface area contributed by atoms with E-state index >= 15 is 0 Å². The quantitative estimate of drug-likeness (QED) is 0.150. The van der Waals surface area contributed by atoms with Crippen molar-refractivity contribution in [3.8, 4) is 33.8 Å². The molecule has 0 aliphatic heterocycles. The van der Waals surface area contributed by atoms with Gasteiger partial charge in [0.2, 0.25) is 0 Å². The second-order valence-electron chi connectivity index (χ2n) is 12.3. The van der Waals surface area contributed by atoms with Crippen LogP contribution in [0.3, 0.4) is 0 Å². The Balaban J connectivity index is 1.56. The second-order valence-corrected chi connectivity index (χ2v) is 12.3. The molecule has 0 amide bonds. The molecule has 0 aliphatic carbocycles. The Morgan fingerprint density at radius 3 is 1.41 bits per heavy atom. The molecule has 0 saturated heterocycles. The Kier molecular flexibility index (Phi) is 5.16. The van der Waals surface area contributed by atoms with Gasteiger partial charge in [-0.15, -0.1) is 0 Å². The molecule has 0 atom stereocenters. The van der Waals surface area contributed by atoms with Crippen LogP contribution in [0, 0.1) is 0 Å². The zero-order chi connectivity index (χ0) is 30.5. The maximum absolute atomic E-state index is 5.84. The van der Waals surface area contributed by atoms with E-state index in [1.807, 2.05) is 0 Å². The smallest absolute Gasteiger partial charge is 0.119 e. The van der Waals surface area contributed by atoms with E-state index in [1.54, 1.807) is 14.2 Å². The molecule has 46 heavy (non-hydrogen) atoms. The van der Waals surface area contributed by atoms with Crippen LogP contribution in [0.15, 0.2) is 133 Å². The molecule has 0 aliphatic rings. The molecular weight excluding hydrogens is 560 g/mol. The van der Waals surface area contributed by atoms with Crippen molar-refractivity contribution in [3.63, 3.8) is 0 Å². The van der Waals surface area contributed by atoms with Gasteiger partial charge in [0, 0.05) is 0 Å². The molecule has 0 unspecified atom stereocenters. The Morgan fingerprint density at radius 2 is 0.739 bits per heavy atom. The molecule has 0 spiro atoms. The van der Waals surface area contributed by atoms with Crippen molar-refractivity contribution in [1.29, 1.82) is 0 Å². The van der Waals surface area contributed by atoms with Crippen molar-refractivity contribution in [2.75, 3.05) is 14.2 Å². The standard InChI is InChI=1S/C44H28O2/c1-45-27-13-15-34-37(23-27)35-22-21-31-29(25-9-5-3-6-10-25)17-19-32-33-20-18-30(26-11-7-4-8-12-26)39-38-24-28(46-2)14-16-36(38)41(34)44(42(33)39)43(35)40(31)32/h3-24H,1-2H3. The fourth-order valence-electron chi connectivity index (χ4n) is 8.21. The average molecular weight is 589 g/mol. The number of fused-ring (bicyclic) bond motifs is 7. The number of benzene rings is 10. The molecule has 10 aromatic carbocycles. The van der Waals surface area contributed by atoms with Gasteiger partial charge in [-0.05, 0) is 122 Å². The summed E-state index contributed by atoms with van der Waals surface area (Å²) in [7, 11) is 3.50. The Bertz CT molecular complexity index is 2800. The Labute approximate surface area is 265 Å². The average Bonchev–Trinajstić information content (AvgIpc) is 3.13. The highest BCUT2D eigenvalue weighted by Crippen LogP contribution is 2.54. The van der Waals surface area contributed by atoms with Crippen LogP contribution in [-0.2, 0) is 0 Å². The third-order valence-corrected chi connectivity index (χ3v) is 10.1. The molecule has 10 rings (SSSR count). The third kappa shape index (κ3) is 3.25. The van der Waals surface area contributed by atoms with Crippen LogP contribution in [-0.4, -0.2) is 14.2 Å². The molecule has 0 aromatic heterocycles. The first-order valence-electron chi connectivity index (χ1n) is 15.8. The molecule has 0 bridgehead atoms. The van der Waals surface area contributed by atoms with E-state index in [0.29, 0.717) is 0 Å². The SMILES string of the molecule is COc1ccc2c(c1)c1ccc3c(-c4ccccc4)ccc4c5ccc(-c6ccccc6)c6c7cc(OC)ccc7c2c(c56)c1c34. The van der Waals surface area contributed by atoms with Crippen LogP contribution >= 0.6 is 0 Å². The van der Waals surface area contributed by atoms with Crippen molar-refractivity contribution in [2.45, 2.75) is 0 Å². The normalized spacial score (nSPS) is 12.1. The second kappa shape index (κ2) is 9.32. The minimum absolute atomic E-state index is 0.858. The number of hydrogen-bond acceptors (Lipinski definition) is 2. The number of methoxy groups -OCH3 is 2. The van der Waals surface area contributed by atoms with Gasteiger partial charge in [0.15, 0.2) is 0 Å². The van der Waals surface area contributed by atoms with Crippen molar-refractivity contribution in [2.24, 2.45) is 0 Å². The summed E-state index contributed by atoms with van der Waals surface area (Å²) in [4.78, 5) is 0. The van der Waals surface area contributed by atoms with Gasteiger partial charge in [-0.2, -0.15) is 0 Å². The van der Waals surface area contributed by atoms with E-state index in [0.717, 1.165) is 11.5 Å². The largest absolute Gasteiger partial charge is 0.497 e. The summed E-state index contributed by atoms with van der Waals surface area (Å²) in [5, 5.41) is 17.8. The molecule has 0 N–H and O–H groups in total. The predicted octanol–water partition coefficient (Wildman–Crippen LogP) is 12.0. The first-order valence-corrected chi connectivity index (χ1v) is 15.8. The van der Waals surface area contributed by atoms with Crippen LogP contribution in [0.5, 0.6) is 11.5 Å². The summed E-state index contributed by atoms with van der Waals surface area (Å²) in [6.45, 7) is 0. The highest BCUT2D eigenvalue weighted by atomic mass is 16.5. The van der Waals surface area contributed by atoms with E-state index in [2.05, 4.69) is 133 Å². The molecular formula is C44H28O2. The van der Waals surface area contributed by atoms with Crippen LogP contribution in [0.4, 0.5) is 0 Å². The van der Waals surface area contributed by atoms with Crippen molar-refractivity contribution in [3.05, 3.63) is 133 Å². The van der Waals surface area contributed by atoms with Gasteiger partial charge in [-0.3, -0.25) is 0 Å². The lowest BCUT2D eigenvalue weighted by Crippen LogP contribution is -1.96. The van der Waals surface area contributed by atoms with Gasteiger partial charge in [0.1, 0.15) is 11.5 Å². The van der Waals surface area contributed by atoms with Crippen LogP contribution < -0.4 is 9.47 Å². The summed E-state index contributed by atoms with van der Waals surface area (Å²) in [5.74, 6) is 1.72. The highest BCUT2D eigenvalue weighted by Gasteiger charge is 2.25. The van der Waals surface area contributed by atoms with Gasteiger partial charge in [0.05, 0.1) is 14.2 Å². The first-order chi connectivity index (χ1) is 22.7. The first kappa shape index (κ1) is 25.5. The van der Waals surface area contributed by atoms with Gasteiger partial charge in [-0.25, -0.2) is 0 Å². The van der Waals surface area contributed by atoms with Gasteiger partial charge >= 0.3 is 0 Å². The van der Waals surface area contributed by atoms with Crippen LogP contribution in [0.2, 0.25) is 0 Å². The fraction of sp³-hybridized carbons (Fsp3) is 0.0455. The van der Waals surface area contributed by atoms with E-state index in [1.165, 1.54) is 97.7 Å². The van der Waals surface area contributed by atoms with Crippen LogP contribution in [0.25, 0.3) is 97.7 Å². The summed E-state index contributed by atoms with van der Waals surface area (Å²) >= 11 is 0. The lowest BCUT2D eigenvalue weighted by molar-refractivity contribution is 0.415. The molecule has 0 radical (unpaired) electrons. The highest BCUT2D eigenvalue weighted by molar-refractivity contribution is 6.50. The van der Waals surface area contributed by atoms with Crippen molar-refractivity contribution in [1.82, 2.24) is 0 Å². The summed E-state index contributed by atoms with van der Waals surface area (Å²) in [6.07, 6.45) is 0. The maximum atomic E-state index is 5.84. The van der Waals surface area contributed by atoms with Gasteiger partial charge in [0.25, 0.3) is 0 Å². The monoisotopic (exact) mass is 588 g/mol. The Morgan fingerprint density at radius 1 is 0.304 bits per heavy atom. The van der Waals surface area contributed by atoms with E-state index in [4.69, 9.17) is 9.47 Å². The lowest BCUT2D eigenvalue weighted by atomic mass is 9.78. The molecule has 0 saturated carbocycles. The Hall–Kier alpha value is -5.86. The summed E-state index contributed by atoms with van der Waals surface area (Å²) < 4.78 is 11.6. The van der Waals surface area contributed by atoms with Crippen molar-refractivity contribution >= 4 is 75.4 Å². The molecule has 0 heterocycles. The van der Waals surface area contributed by atoms with E-state index in [9.17, 15) is 0 Å². The third-order valence-electron chi connectivity index (χ3n) is 10.1.